The first-order chi connectivity index (χ1) is 7.98. The lowest BCUT2D eigenvalue weighted by atomic mass is 9.74. The summed E-state index contributed by atoms with van der Waals surface area (Å²) in [7, 11) is 0. The molecule has 0 unspecified atom stereocenters. The molecule has 17 heavy (non-hydrogen) atoms. The fraction of sp³-hybridized carbons (Fsp3) is 0.625. The van der Waals surface area contributed by atoms with Gasteiger partial charge in [-0.3, -0.25) is 0 Å². The van der Waals surface area contributed by atoms with Crippen LogP contribution in [0, 0.1) is 19.8 Å². The standard InChI is InChI=1S/C16H25N/c1-12-6-8-16(17,9-7-12)11-15-10-13(2)4-5-14(15)3/h4-5,10,12H,6-9,11,17H2,1-3H3. The molecule has 0 atom stereocenters. The van der Waals surface area contributed by atoms with Gasteiger partial charge in [0.25, 0.3) is 0 Å². The Bertz CT molecular complexity index is 387. The van der Waals surface area contributed by atoms with Crippen molar-refractivity contribution in [3.8, 4) is 0 Å². The van der Waals surface area contributed by atoms with Crippen molar-refractivity contribution in [1.29, 1.82) is 0 Å². The minimum Gasteiger partial charge on any atom is -0.325 e. The zero-order chi connectivity index (χ0) is 12.5. The first kappa shape index (κ1) is 12.6. The van der Waals surface area contributed by atoms with Crippen LogP contribution in [0.4, 0.5) is 0 Å². The maximum absolute atomic E-state index is 6.57. The number of hydrogen-bond donors (Lipinski definition) is 1. The second-order valence-corrected chi connectivity index (χ2v) is 6.15. The molecular weight excluding hydrogens is 206 g/mol. The summed E-state index contributed by atoms with van der Waals surface area (Å²) >= 11 is 0. The summed E-state index contributed by atoms with van der Waals surface area (Å²) < 4.78 is 0. The van der Waals surface area contributed by atoms with Gasteiger partial charge in [0.1, 0.15) is 0 Å². The Kier molecular flexibility index (Phi) is 3.58. The van der Waals surface area contributed by atoms with E-state index >= 15 is 0 Å². The van der Waals surface area contributed by atoms with E-state index in [0.29, 0.717) is 0 Å². The lowest BCUT2D eigenvalue weighted by Gasteiger charge is -2.36. The van der Waals surface area contributed by atoms with E-state index in [2.05, 4.69) is 39.0 Å². The van der Waals surface area contributed by atoms with Crippen molar-refractivity contribution in [3.63, 3.8) is 0 Å². The predicted octanol–water partition coefficient (Wildman–Crippen LogP) is 3.75. The molecule has 0 heterocycles. The highest BCUT2D eigenvalue weighted by Crippen LogP contribution is 2.33. The Morgan fingerprint density at radius 3 is 2.53 bits per heavy atom. The second kappa shape index (κ2) is 4.81. The highest BCUT2D eigenvalue weighted by Gasteiger charge is 2.30. The third-order valence-electron chi connectivity index (χ3n) is 4.32. The molecule has 1 fully saturated rings. The SMILES string of the molecule is Cc1ccc(C)c(CC2(N)CCC(C)CC2)c1. The summed E-state index contributed by atoms with van der Waals surface area (Å²) in [5.74, 6) is 0.866. The smallest absolute Gasteiger partial charge is 0.0195 e. The van der Waals surface area contributed by atoms with Crippen molar-refractivity contribution in [2.45, 2.75) is 58.4 Å². The quantitative estimate of drug-likeness (QED) is 0.824. The van der Waals surface area contributed by atoms with Crippen molar-refractivity contribution >= 4 is 0 Å². The monoisotopic (exact) mass is 231 g/mol. The molecule has 1 aliphatic rings. The maximum atomic E-state index is 6.57. The summed E-state index contributed by atoms with van der Waals surface area (Å²) in [6.45, 7) is 6.70. The van der Waals surface area contributed by atoms with Gasteiger partial charge >= 0.3 is 0 Å². The minimum atomic E-state index is 0.0467. The third kappa shape index (κ3) is 3.10. The molecule has 0 aliphatic heterocycles. The molecule has 0 radical (unpaired) electrons. The highest BCUT2D eigenvalue weighted by molar-refractivity contribution is 5.32. The van der Waals surface area contributed by atoms with Crippen molar-refractivity contribution in [3.05, 3.63) is 34.9 Å². The number of benzene rings is 1. The van der Waals surface area contributed by atoms with Crippen molar-refractivity contribution in [1.82, 2.24) is 0 Å². The molecule has 94 valence electrons. The van der Waals surface area contributed by atoms with Crippen LogP contribution in [0.3, 0.4) is 0 Å². The van der Waals surface area contributed by atoms with E-state index in [4.69, 9.17) is 5.73 Å². The van der Waals surface area contributed by atoms with Crippen molar-refractivity contribution in [2.24, 2.45) is 11.7 Å². The molecule has 1 aromatic rings. The van der Waals surface area contributed by atoms with Crippen LogP contribution in [-0.2, 0) is 6.42 Å². The van der Waals surface area contributed by atoms with Crippen LogP contribution >= 0.6 is 0 Å². The van der Waals surface area contributed by atoms with E-state index in [0.717, 1.165) is 12.3 Å². The normalized spacial score (nSPS) is 29.3. The summed E-state index contributed by atoms with van der Waals surface area (Å²) in [5, 5.41) is 0. The molecule has 2 rings (SSSR count). The van der Waals surface area contributed by atoms with E-state index in [1.54, 1.807) is 0 Å². The van der Waals surface area contributed by atoms with Gasteiger partial charge in [-0.1, -0.05) is 30.7 Å². The maximum Gasteiger partial charge on any atom is 0.0195 e. The Balaban J connectivity index is 2.12. The van der Waals surface area contributed by atoms with E-state index in [1.165, 1.54) is 42.4 Å². The van der Waals surface area contributed by atoms with E-state index < -0.39 is 0 Å². The predicted molar refractivity (Wildman–Crippen MR) is 74.2 cm³/mol. The molecule has 0 aromatic heterocycles. The zero-order valence-corrected chi connectivity index (χ0v) is 11.4. The molecule has 1 aromatic carbocycles. The summed E-state index contributed by atoms with van der Waals surface area (Å²) in [6, 6.07) is 6.71. The van der Waals surface area contributed by atoms with Gasteiger partial charge in [-0.2, -0.15) is 0 Å². The van der Waals surface area contributed by atoms with Crippen LogP contribution in [0.15, 0.2) is 18.2 Å². The lowest BCUT2D eigenvalue weighted by Crippen LogP contribution is -2.45. The number of nitrogens with two attached hydrogens (primary N) is 1. The van der Waals surface area contributed by atoms with E-state index in [-0.39, 0.29) is 5.54 Å². The van der Waals surface area contributed by atoms with Gasteiger partial charge in [0.2, 0.25) is 0 Å². The highest BCUT2D eigenvalue weighted by atomic mass is 14.7. The Labute approximate surface area is 105 Å². The number of hydrogen-bond acceptors (Lipinski definition) is 1. The number of aryl methyl sites for hydroxylation is 2. The van der Waals surface area contributed by atoms with E-state index in [9.17, 15) is 0 Å². The Hall–Kier alpha value is -0.820. The first-order valence-electron chi connectivity index (χ1n) is 6.83. The van der Waals surface area contributed by atoms with Gasteiger partial charge in [0.15, 0.2) is 0 Å². The summed E-state index contributed by atoms with van der Waals surface area (Å²) in [4.78, 5) is 0. The fourth-order valence-corrected chi connectivity index (χ4v) is 2.88. The van der Waals surface area contributed by atoms with Crippen LogP contribution in [0.25, 0.3) is 0 Å². The molecule has 0 amide bonds. The zero-order valence-electron chi connectivity index (χ0n) is 11.4. The van der Waals surface area contributed by atoms with Crippen molar-refractivity contribution in [2.75, 3.05) is 0 Å². The average molecular weight is 231 g/mol. The Morgan fingerprint density at radius 2 is 1.88 bits per heavy atom. The van der Waals surface area contributed by atoms with Crippen LogP contribution in [0.1, 0.15) is 49.3 Å². The third-order valence-corrected chi connectivity index (χ3v) is 4.32. The molecule has 1 aliphatic carbocycles. The van der Waals surface area contributed by atoms with Gasteiger partial charge in [-0.05, 0) is 63.0 Å². The van der Waals surface area contributed by atoms with Crippen LogP contribution in [0.5, 0.6) is 0 Å². The summed E-state index contributed by atoms with van der Waals surface area (Å²) in [5.41, 5.74) is 10.8. The fourth-order valence-electron chi connectivity index (χ4n) is 2.88. The molecule has 2 N–H and O–H groups in total. The van der Waals surface area contributed by atoms with Gasteiger partial charge in [-0.15, -0.1) is 0 Å². The van der Waals surface area contributed by atoms with Crippen LogP contribution in [-0.4, -0.2) is 5.54 Å². The van der Waals surface area contributed by atoms with Crippen LogP contribution < -0.4 is 5.73 Å². The van der Waals surface area contributed by atoms with Crippen LogP contribution in [0.2, 0.25) is 0 Å². The van der Waals surface area contributed by atoms with Crippen molar-refractivity contribution < 1.29 is 0 Å². The molecule has 1 nitrogen and oxygen atoms in total. The minimum absolute atomic E-state index is 0.0467. The first-order valence-corrected chi connectivity index (χ1v) is 6.83. The lowest BCUT2D eigenvalue weighted by molar-refractivity contribution is 0.243. The van der Waals surface area contributed by atoms with Gasteiger partial charge in [0.05, 0.1) is 0 Å². The molecule has 1 heteroatoms. The molecular formula is C16H25N. The van der Waals surface area contributed by atoms with E-state index in [1.807, 2.05) is 0 Å². The molecule has 0 spiro atoms. The summed E-state index contributed by atoms with van der Waals surface area (Å²) in [6.07, 6.45) is 6.00. The average Bonchev–Trinajstić information content (AvgIpc) is 2.28. The van der Waals surface area contributed by atoms with Gasteiger partial charge in [-0.25, -0.2) is 0 Å². The molecule has 0 bridgehead atoms. The second-order valence-electron chi connectivity index (χ2n) is 6.15. The molecule has 0 saturated heterocycles. The Morgan fingerprint density at radius 1 is 1.24 bits per heavy atom. The van der Waals surface area contributed by atoms with Gasteiger partial charge in [0, 0.05) is 5.54 Å². The van der Waals surface area contributed by atoms with Gasteiger partial charge < -0.3 is 5.73 Å². The topological polar surface area (TPSA) is 26.0 Å². The molecule has 1 saturated carbocycles. The largest absolute Gasteiger partial charge is 0.325 e. The number of rotatable bonds is 2.